The number of fused-ring (bicyclic) bond motifs is 4. The molecule has 0 amide bonds. The van der Waals surface area contributed by atoms with Crippen molar-refractivity contribution in [2.45, 2.75) is 41.5 Å². The Morgan fingerprint density at radius 2 is 0.964 bits per heavy atom. The van der Waals surface area contributed by atoms with E-state index in [-0.39, 0.29) is 0 Å². The van der Waals surface area contributed by atoms with E-state index in [4.69, 9.17) is 0 Å². The van der Waals surface area contributed by atoms with Crippen molar-refractivity contribution >= 4 is 33.9 Å². The number of hydrogen-bond donors (Lipinski definition) is 0. The van der Waals surface area contributed by atoms with Crippen LogP contribution in [0, 0.1) is 20.8 Å². The standard InChI is InChI=1S/C26H21B.C23H18.C3H6.C2H6/c1-18-10-6-7-13-21(18)22-16-17-25-26(19(22)2)23-14-8-9-15-24(23)27(25)20-11-4-3-5-12-20;1-17-9-11-18(12-10-17)19-13-15-21(16-14-19)23-8-4-6-20-5-2-3-7-22(20)23;1-3-2;1-2/h3-17H,1-2H3;2-16H,1H3;3H,1H2,2H3;1-2H3. The van der Waals surface area contributed by atoms with Gasteiger partial charge in [0.15, 0.2) is 0 Å². The van der Waals surface area contributed by atoms with Gasteiger partial charge in [0, 0.05) is 0 Å². The van der Waals surface area contributed by atoms with Gasteiger partial charge in [-0.1, -0.05) is 224 Å². The summed E-state index contributed by atoms with van der Waals surface area (Å²) in [6.45, 7) is 16.2. The second-order valence-corrected chi connectivity index (χ2v) is 13.8. The molecule has 0 nitrogen and oxygen atoms in total. The molecule has 9 rings (SSSR count). The number of aryl methyl sites for hydroxylation is 2. The Hall–Kier alpha value is -6.18. The van der Waals surface area contributed by atoms with Crippen molar-refractivity contribution in [3.05, 3.63) is 211 Å². The zero-order chi connectivity index (χ0) is 38.7. The molecule has 0 aliphatic carbocycles. The smallest absolute Gasteiger partial charge is 0.103 e. The highest BCUT2D eigenvalue weighted by molar-refractivity contribution is 6.99. The summed E-state index contributed by atoms with van der Waals surface area (Å²) in [6.07, 6.45) is 1.75. The van der Waals surface area contributed by atoms with E-state index >= 15 is 0 Å². The van der Waals surface area contributed by atoms with Crippen LogP contribution in [-0.4, -0.2) is 6.71 Å². The molecular formula is C54H51B. The minimum atomic E-state index is 0.321. The third-order valence-electron chi connectivity index (χ3n) is 10.3. The molecule has 0 bridgehead atoms. The van der Waals surface area contributed by atoms with E-state index in [1.54, 1.807) is 6.08 Å². The van der Waals surface area contributed by atoms with Crippen LogP contribution in [0.25, 0.3) is 55.3 Å². The Morgan fingerprint density at radius 3 is 1.65 bits per heavy atom. The molecule has 8 aromatic rings. The molecule has 0 atom stereocenters. The fourth-order valence-corrected chi connectivity index (χ4v) is 7.71. The maximum Gasteiger partial charge on any atom is 0.242 e. The van der Waals surface area contributed by atoms with Crippen LogP contribution in [0.4, 0.5) is 0 Å². The first-order chi connectivity index (χ1) is 27.0. The molecule has 0 N–H and O–H groups in total. The molecule has 8 aromatic carbocycles. The normalized spacial score (nSPS) is 10.8. The fourth-order valence-electron chi connectivity index (χ4n) is 7.71. The van der Waals surface area contributed by atoms with E-state index in [0.717, 1.165) is 0 Å². The van der Waals surface area contributed by atoms with Gasteiger partial charge in [0.2, 0.25) is 6.71 Å². The van der Waals surface area contributed by atoms with Gasteiger partial charge in [-0.2, -0.15) is 0 Å². The van der Waals surface area contributed by atoms with Gasteiger partial charge in [-0.05, 0) is 94.1 Å². The van der Waals surface area contributed by atoms with Crippen molar-refractivity contribution in [1.29, 1.82) is 0 Å². The second-order valence-electron chi connectivity index (χ2n) is 13.8. The molecule has 0 saturated carbocycles. The summed E-state index contributed by atoms with van der Waals surface area (Å²) in [6, 6.07) is 65.7. The monoisotopic (exact) mass is 710 g/mol. The predicted octanol–water partition coefficient (Wildman–Crippen LogP) is 13.2. The average Bonchev–Trinajstić information content (AvgIpc) is 3.58. The van der Waals surface area contributed by atoms with E-state index in [0.29, 0.717) is 6.71 Å². The highest BCUT2D eigenvalue weighted by atomic mass is 14.2. The van der Waals surface area contributed by atoms with Gasteiger partial charge >= 0.3 is 0 Å². The summed E-state index contributed by atoms with van der Waals surface area (Å²) in [7, 11) is 0. The van der Waals surface area contributed by atoms with E-state index in [1.807, 2.05) is 20.8 Å². The molecule has 1 heteroatoms. The summed E-state index contributed by atoms with van der Waals surface area (Å²) in [5.41, 5.74) is 18.8. The van der Waals surface area contributed by atoms with Gasteiger partial charge in [-0.15, -0.1) is 6.58 Å². The third kappa shape index (κ3) is 8.33. The molecular weight excluding hydrogens is 659 g/mol. The highest BCUT2D eigenvalue weighted by Gasteiger charge is 2.34. The van der Waals surface area contributed by atoms with Crippen molar-refractivity contribution in [3.8, 4) is 44.5 Å². The van der Waals surface area contributed by atoms with Crippen LogP contribution in [-0.2, 0) is 0 Å². The molecule has 0 saturated heterocycles. The molecule has 0 aromatic heterocycles. The molecule has 1 aliphatic heterocycles. The first kappa shape index (κ1) is 38.5. The predicted molar refractivity (Wildman–Crippen MR) is 245 cm³/mol. The van der Waals surface area contributed by atoms with E-state index in [9.17, 15) is 0 Å². The first-order valence-corrected chi connectivity index (χ1v) is 19.5. The SMILES string of the molecule is C=CC.CC.Cc1ccc(-c2ccc(-c3cccc4ccccc34)cc2)cc1.Cc1ccccc1-c1ccc2c(c1C)-c1ccccc1B2c1ccccc1. The summed E-state index contributed by atoms with van der Waals surface area (Å²) in [5.74, 6) is 0. The maximum absolute atomic E-state index is 3.36. The quantitative estimate of drug-likeness (QED) is 0.126. The zero-order valence-corrected chi connectivity index (χ0v) is 33.2. The summed E-state index contributed by atoms with van der Waals surface area (Å²) >= 11 is 0. The lowest BCUT2D eigenvalue weighted by Crippen LogP contribution is -2.48. The van der Waals surface area contributed by atoms with E-state index < -0.39 is 0 Å². The zero-order valence-electron chi connectivity index (χ0n) is 33.2. The number of hydrogen-bond acceptors (Lipinski definition) is 0. The van der Waals surface area contributed by atoms with Crippen LogP contribution in [0.1, 0.15) is 37.5 Å². The van der Waals surface area contributed by atoms with Gasteiger partial charge in [0.1, 0.15) is 0 Å². The van der Waals surface area contributed by atoms with Crippen LogP contribution in [0.2, 0.25) is 0 Å². The topological polar surface area (TPSA) is 0 Å². The van der Waals surface area contributed by atoms with Crippen LogP contribution in [0.15, 0.2) is 195 Å². The summed E-state index contributed by atoms with van der Waals surface area (Å²) < 4.78 is 0. The average molecular weight is 711 g/mol. The lowest BCUT2D eigenvalue weighted by molar-refractivity contribution is 1.42. The maximum atomic E-state index is 3.36. The van der Waals surface area contributed by atoms with E-state index in [2.05, 4.69) is 209 Å². The largest absolute Gasteiger partial charge is 0.242 e. The minimum Gasteiger partial charge on any atom is -0.103 e. The lowest BCUT2D eigenvalue weighted by atomic mass is 9.39. The first-order valence-electron chi connectivity index (χ1n) is 19.5. The number of benzene rings is 8. The number of allylic oxidation sites excluding steroid dienone is 1. The molecule has 270 valence electrons. The molecule has 1 heterocycles. The Kier molecular flexibility index (Phi) is 12.8. The van der Waals surface area contributed by atoms with Crippen molar-refractivity contribution < 1.29 is 0 Å². The molecule has 55 heavy (non-hydrogen) atoms. The molecule has 0 spiro atoms. The molecule has 0 fully saturated rings. The second kappa shape index (κ2) is 18.2. The molecule has 1 aliphatic rings. The Morgan fingerprint density at radius 1 is 0.436 bits per heavy atom. The highest BCUT2D eigenvalue weighted by Crippen LogP contribution is 2.35. The van der Waals surface area contributed by atoms with Crippen molar-refractivity contribution in [2.24, 2.45) is 0 Å². The van der Waals surface area contributed by atoms with Crippen molar-refractivity contribution in [3.63, 3.8) is 0 Å². The molecule has 0 unspecified atom stereocenters. The van der Waals surface area contributed by atoms with Gasteiger partial charge in [-0.25, -0.2) is 0 Å². The third-order valence-corrected chi connectivity index (χ3v) is 10.3. The fraction of sp³-hybridized carbons (Fsp3) is 0.111. The lowest BCUT2D eigenvalue weighted by Gasteiger charge is -2.15. The Labute approximate surface area is 330 Å². The Bertz CT molecular complexity index is 2480. The van der Waals surface area contributed by atoms with Crippen LogP contribution >= 0.6 is 0 Å². The number of rotatable bonds is 4. The summed E-state index contributed by atoms with van der Waals surface area (Å²) in [4.78, 5) is 0. The van der Waals surface area contributed by atoms with Crippen LogP contribution in [0.3, 0.4) is 0 Å². The van der Waals surface area contributed by atoms with Gasteiger partial charge in [0.25, 0.3) is 0 Å². The van der Waals surface area contributed by atoms with Crippen LogP contribution in [0.5, 0.6) is 0 Å². The Balaban J connectivity index is 0.000000169. The van der Waals surface area contributed by atoms with Crippen molar-refractivity contribution in [1.82, 2.24) is 0 Å². The van der Waals surface area contributed by atoms with Crippen LogP contribution < -0.4 is 16.4 Å². The van der Waals surface area contributed by atoms with Crippen molar-refractivity contribution in [2.75, 3.05) is 0 Å². The summed E-state index contributed by atoms with van der Waals surface area (Å²) in [5, 5.41) is 2.59. The van der Waals surface area contributed by atoms with E-state index in [1.165, 1.54) is 88.4 Å². The van der Waals surface area contributed by atoms with Gasteiger partial charge < -0.3 is 0 Å². The molecule has 0 radical (unpaired) electrons. The van der Waals surface area contributed by atoms with Gasteiger partial charge in [0.05, 0.1) is 0 Å². The van der Waals surface area contributed by atoms with Gasteiger partial charge in [-0.3, -0.25) is 0 Å². The minimum absolute atomic E-state index is 0.321.